The monoisotopic (exact) mass is 525 g/mol. The molecular formula is C29H39N3O6. The van der Waals surface area contributed by atoms with E-state index in [0.717, 1.165) is 11.0 Å². The third-order valence-electron chi connectivity index (χ3n) is 6.10. The Bertz CT molecular complexity index is 1320. The number of hydrogen-bond donors (Lipinski definition) is 0. The van der Waals surface area contributed by atoms with Crippen LogP contribution in [0.3, 0.4) is 0 Å². The number of unbranched alkanes of at least 4 members (excludes halogenated alkanes) is 1. The fourth-order valence-electron chi connectivity index (χ4n) is 4.14. The van der Waals surface area contributed by atoms with Crippen molar-refractivity contribution >= 4 is 22.9 Å². The fraction of sp³-hybridized carbons (Fsp3) is 0.483. The van der Waals surface area contributed by atoms with Crippen molar-refractivity contribution in [1.82, 2.24) is 14.0 Å². The molecule has 0 bridgehead atoms. The second-order valence-corrected chi connectivity index (χ2v) is 10.2. The molecule has 0 N–H and O–H groups in total. The number of aromatic nitrogens is 2. The zero-order valence-electron chi connectivity index (χ0n) is 23.3. The molecular weight excluding hydrogens is 486 g/mol. The summed E-state index contributed by atoms with van der Waals surface area (Å²) < 4.78 is 20.2. The van der Waals surface area contributed by atoms with E-state index in [1.165, 1.54) is 0 Å². The van der Waals surface area contributed by atoms with Crippen LogP contribution in [-0.2, 0) is 18.8 Å². The Balaban J connectivity index is 1.57. The third-order valence-corrected chi connectivity index (χ3v) is 6.10. The molecule has 206 valence electrons. The maximum absolute atomic E-state index is 12.8. The molecule has 3 rings (SSSR count). The molecule has 0 aliphatic carbocycles. The van der Waals surface area contributed by atoms with Gasteiger partial charge in [-0.2, -0.15) is 0 Å². The molecule has 0 aliphatic heterocycles. The topological polar surface area (TPSA) is 92.0 Å². The zero-order chi connectivity index (χ0) is 27.9. The molecule has 9 heteroatoms. The Kier molecular flexibility index (Phi) is 9.61. The first-order valence-corrected chi connectivity index (χ1v) is 13.0. The number of ether oxygens (including phenoxy) is 3. The van der Waals surface area contributed by atoms with E-state index in [1.54, 1.807) is 46.3 Å². The van der Waals surface area contributed by atoms with Crippen LogP contribution in [0.1, 0.15) is 57.3 Å². The number of Topliss-reactive ketones (excluding diaryl/α,β-unsaturated/α-hetero) is 1. The number of para-hydroxylation sites is 2. The van der Waals surface area contributed by atoms with Gasteiger partial charge in [-0.1, -0.05) is 12.1 Å². The van der Waals surface area contributed by atoms with Crippen LogP contribution in [0.15, 0.2) is 47.3 Å². The van der Waals surface area contributed by atoms with Gasteiger partial charge in [0.25, 0.3) is 0 Å². The highest BCUT2D eigenvalue weighted by atomic mass is 16.6. The van der Waals surface area contributed by atoms with Gasteiger partial charge in [-0.15, -0.1) is 0 Å². The number of nitrogens with zero attached hydrogens (tertiary/aromatic N) is 3. The van der Waals surface area contributed by atoms with Crippen molar-refractivity contribution < 1.29 is 23.8 Å². The van der Waals surface area contributed by atoms with E-state index in [2.05, 4.69) is 0 Å². The van der Waals surface area contributed by atoms with Gasteiger partial charge in [0.15, 0.2) is 17.3 Å². The molecule has 9 nitrogen and oxygen atoms in total. The number of aryl methyl sites for hydroxylation is 2. The second kappa shape index (κ2) is 12.7. The SMILES string of the molecule is CCOc1ccccc1OCCN(CCCCC(=O)c1ccc2c(c1)n(C)c(=O)n2C)C(=O)OC(C)(C)C. The number of benzene rings is 2. The average molecular weight is 526 g/mol. The van der Waals surface area contributed by atoms with Crippen molar-refractivity contribution in [2.45, 2.75) is 52.6 Å². The first kappa shape index (κ1) is 28.8. The predicted molar refractivity (Wildman–Crippen MR) is 147 cm³/mol. The van der Waals surface area contributed by atoms with Crippen LogP contribution in [0.4, 0.5) is 4.79 Å². The first-order chi connectivity index (χ1) is 18.0. The van der Waals surface area contributed by atoms with E-state index in [0.29, 0.717) is 56.0 Å². The average Bonchev–Trinajstić information content (AvgIpc) is 3.08. The molecule has 0 unspecified atom stereocenters. The van der Waals surface area contributed by atoms with Crippen LogP contribution in [0, 0.1) is 0 Å². The van der Waals surface area contributed by atoms with Crippen LogP contribution in [0.25, 0.3) is 11.0 Å². The molecule has 0 spiro atoms. The van der Waals surface area contributed by atoms with Crippen molar-refractivity contribution in [3.8, 4) is 11.5 Å². The van der Waals surface area contributed by atoms with Crippen LogP contribution in [-0.4, -0.2) is 57.8 Å². The van der Waals surface area contributed by atoms with Crippen LogP contribution in [0.5, 0.6) is 11.5 Å². The molecule has 0 radical (unpaired) electrons. The van der Waals surface area contributed by atoms with Gasteiger partial charge in [0.1, 0.15) is 12.2 Å². The number of rotatable bonds is 12. The molecule has 0 atom stereocenters. The van der Waals surface area contributed by atoms with E-state index < -0.39 is 11.7 Å². The van der Waals surface area contributed by atoms with Crippen LogP contribution < -0.4 is 15.2 Å². The molecule has 2 aromatic carbocycles. The lowest BCUT2D eigenvalue weighted by molar-refractivity contribution is 0.0223. The van der Waals surface area contributed by atoms with E-state index >= 15 is 0 Å². The number of hydrogen-bond acceptors (Lipinski definition) is 6. The third kappa shape index (κ3) is 7.40. The van der Waals surface area contributed by atoms with Crippen LogP contribution >= 0.6 is 0 Å². The van der Waals surface area contributed by atoms with Crippen LogP contribution in [0.2, 0.25) is 0 Å². The number of fused-ring (bicyclic) bond motifs is 1. The minimum Gasteiger partial charge on any atom is -0.490 e. The maximum Gasteiger partial charge on any atom is 0.410 e. The number of carbonyl (C=O) groups excluding carboxylic acids is 2. The minimum absolute atomic E-state index is 0.00267. The Morgan fingerprint density at radius 2 is 1.55 bits per heavy atom. The summed E-state index contributed by atoms with van der Waals surface area (Å²) in [6, 6.07) is 12.8. The van der Waals surface area contributed by atoms with Crippen molar-refractivity contribution in [2.75, 3.05) is 26.3 Å². The number of imidazole rings is 1. The zero-order valence-corrected chi connectivity index (χ0v) is 23.3. The van der Waals surface area contributed by atoms with Crippen molar-refractivity contribution in [3.05, 3.63) is 58.5 Å². The van der Waals surface area contributed by atoms with E-state index in [-0.39, 0.29) is 18.1 Å². The lowest BCUT2D eigenvalue weighted by Crippen LogP contribution is -2.39. The molecule has 0 saturated carbocycles. The summed E-state index contributed by atoms with van der Waals surface area (Å²) >= 11 is 0. The lowest BCUT2D eigenvalue weighted by atomic mass is 10.0. The summed E-state index contributed by atoms with van der Waals surface area (Å²) in [4.78, 5) is 39.5. The molecule has 1 heterocycles. The maximum atomic E-state index is 12.8. The van der Waals surface area contributed by atoms with Gasteiger partial charge >= 0.3 is 11.8 Å². The first-order valence-electron chi connectivity index (χ1n) is 13.0. The highest BCUT2D eigenvalue weighted by molar-refractivity contribution is 5.99. The Morgan fingerprint density at radius 3 is 2.21 bits per heavy atom. The fourth-order valence-corrected chi connectivity index (χ4v) is 4.14. The highest BCUT2D eigenvalue weighted by Gasteiger charge is 2.22. The van der Waals surface area contributed by atoms with E-state index in [9.17, 15) is 14.4 Å². The lowest BCUT2D eigenvalue weighted by Gasteiger charge is -2.27. The molecule has 0 fully saturated rings. The quantitative estimate of drug-likeness (QED) is 0.246. The predicted octanol–water partition coefficient (Wildman–Crippen LogP) is 4.94. The summed E-state index contributed by atoms with van der Waals surface area (Å²) in [5.74, 6) is 1.28. The largest absolute Gasteiger partial charge is 0.490 e. The molecule has 1 aromatic heterocycles. The highest BCUT2D eigenvalue weighted by Crippen LogP contribution is 2.26. The Hall–Kier alpha value is -3.75. The number of carbonyl (C=O) groups is 2. The molecule has 0 saturated heterocycles. The normalized spacial score (nSPS) is 11.4. The van der Waals surface area contributed by atoms with Gasteiger partial charge in [0, 0.05) is 32.6 Å². The van der Waals surface area contributed by atoms with Gasteiger partial charge < -0.3 is 19.1 Å². The second-order valence-electron chi connectivity index (χ2n) is 10.2. The van der Waals surface area contributed by atoms with Gasteiger partial charge in [-0.05, 0) is 70.9 Å². The molecule has 3 aromatic rings. The van der Waals surface area contributed by atoms with Gasteiger partial charge in [0.05, 0.1) is 24.2 Å². The Labute approximate surface area is 223 Å². The van der Waals surface area contributed by atoms with Gasteiger partial charge in [-0.25, -0.2) is 9.59 Å². The summed E-state index contributed by atoms with van der Waals surface area (Å²) in [5, 5.41) is 0. The molecule has 1 amide bonds. The standard InChI is InChI=1S/C29H39N3O6/c1-7-36-25-13-8-9-14-26(25)37-19-18-32(28(35)38-29(2,3)4)17-11-10-12-24(33)21-15-16-22-23(20-21)31(6)27(34)30(22)5/h8-9,13-16,20H,7,10-12,17-19H2,1-6H3. The molecule has 38 heavy (non-hydrogen) atoms. The molecule has 0 aliphatic rings. The number of amides is 1. The van der Waals surface area contributed by atoms with Gasteiger partial charge in [-0.3, -0.25) is 13.9 Å². The van der Waals surface area contributed by atoms with E-state index in [1.807, 2.05) is 52.0 Å². The number of ketones is 1. The smallest absolute Gasteiger partial charge is 0.410 e. The summed E-state index contributed by atoms with van der Waals surface area (Å²) in [6.07, 6.45) is 1.16. The van der Waals surface area contributed by atoms with Crippen molar-refractivity contribution in [3.63, 3.8) is 0 Å². The Morgan fingerprint density at radius 1 is 0.895 bits per heavy atom. The van der Waals surface area contributed by atoms with Crippen molar-refractivity contribution in [1.29, 1.82) is 0 Å². The summed E-state index contributed by atoms with van der Waals surface area (Å²) in [6.45, 7) is 8.97. The van der Waals surface area contributed by atoms with E-state index in [4.69, 9.17) is 14.2 Å². The van der Waals surface area contributed by atoms with Crippen molar-refractivity contribution in [2.24, 2.45) is 14.1 Å². The van der Waals surface area contributed by atoms with Gasteiger partial charge in [0.2, 0.25) is 0 Å². The summed E-state index contributed by atoms with van der Waals surface area (Å²) in [7, 11) is 3.41. The minimum atomic E-state index is -0.621. The summed E-state index contributed by atoms with van der Waals surface area (Å²) in [5.41, 5.74) is 1.34.